The number of aliphatic hydroxyl groups is 1. The lowest BCUT2D eigenvalue weighted by Gasteiger charge is -2.25. The van der Waals surface area contributed by atoms with Crippen LogP contribution in [0.3, 0.4) is 0 Å². The molecule has 0 saturated heterocycles. The van der Waals surface area contributed by atoms with Crippen LogP contribution in [0.5, 0.6) is 0 Å². The number of aliphatic hydroxyl groups excluding tert-OH is 1. The Balaban J connectivity index is 3.55. The van der Waals surface area contributed by atoms with Gasteiger partial charge in [-0.05, 0) is 6.42 Å². The van der Waals surface area contributed by atoms with Gasteiger partial charge in [-0.2, -0.15) is 0 Å². The van der Waals surface area contributed by atoms with E-state index in [2.05, 4.69) is 5.32 Å². The average molecular weight is 188 g/mol. The predicted octanol–water partition coefficient (Wildman–Crippen LogP) is -0.140. The number of amides is 1. The molecule has 0 aromatic rings. The van der Waals surface area contributed by atoms with Crippen LogP contribution in [0.1, 0.15) is 26.7 Å². The van der Waals surface area contributed by atoms with E-state index in [9.17, 15) is 4.79 Å². The third-order valence-electron chi connectivity index (χ3n) is 2.34. The first-order chi connectivity index (χ1) is 6.04. The van der Waals surface area contributed by atoms with Crippen molar-refractivity contribution in [1.29, 1.82) is 0 Å². The highest BCUT2D eigenvalue weighted by molar-refractivity contribution is 5.73. The van der Waals surface area contributed by atoms with E-state index in [1.54, 1.807) is 0 Å². The van der Waals surface area contributed by atoms with Gasteiger partial charge < -0.3 is 16.2 Å². The molecule has 0 spiro atoms. The van der Waals surface area contributed by atoms with Gasteiger partial charge in [-0.25, -0.2) is 0 Å². The fraction of sp³-hybridized carbons (Fsp3) is 0.889. The normalized spacial score (nSPS) is 15.3. The molecule has 0 aliphatic heterocycles. The van der Waals surface area contributed by atoms with Crippen molar-refractivity contribution in [3.63, 3.8) is 0 Å². The third kappa shape index (κ3) is 5.60. The lowest BCUT2D eigenvalue weighted by Crippen LogP contribution is -2.35. The molecule has 1 unspecified atom stereocenters. The van der Waals surface area contributed by atoms with Crippen molar-refractivity contribution >= 4 is 5.91 Å². The maximum absolute atomic E-state index is 10.4. The van der Waals surface area contributed by atoms with Gasteiger partial charge in [0, 0.05) is 31.5 Å². The monoisotopic (exact) mass is 188 g/mol. The maximum atomic E-state index is 10.4. The maximum Gasteiger partial charge on any atom is 0.218 e. The van der Waals surface area contributed by atoms with Crippen molar-refractivity contribution in [1.82, 2.24) is 5.32 Å². The zero-order chi connectivity index (χ0) is 10.3. The molecule has 4 nitrogen and oxygen atoms in total. The summed E-state index contributed by atoms with van der Waals surface area (Å²) in [6.07, 6.45) is 1.26. The van der Waals surface area contributed by atoms with Gasteiger partial charge in [0.15, 0.2) is 0 Å². The number of hydrogen-bond donors (Lipinski definition) is 3. The van der Waals surface area contributed by atoms with E-state index in [4.69, 9.17) is 10.8 Å². The SMILES string of the molecule is CCC(C)(CO)CNCCC(N)=O. The van der Waals surface area contributed by atoms with Crippen molar-refractivity contribution in [2.24, 2.45) is 11.1 Å². The second-order valence-corrected chi connectivity index (χ2v) is 3.72. The Labute approximate surface area is 79.5 Å². The Hall–Kier alpha value is -0.610. The van der Waals surface area contributed by atoms with Crippen molar-refractivity contribution in [3.8, 4) is 0 Å². The highest BCUT2D eigenvalue weighted by atomic mass is 16.3. The van der Waals surface area contributed by atoms with Crippen molar-refractivity contribution in [3.05, 3.63) is 0 Å². The van der Waals surface area contributed by atoms with E-state index < -0.39 is 0 Å². The highest BCUT2D eigenvalue weighted by Gasteiger charge is 2.19. The molecule has 0 aromatic carbocycles. The molecule has 0 rings (SSSR count). The van der Waals surface area contributed by atoms with E-state index in [-0.39, 0.29) is 17.9 Å². The standard InChI is InChI=1S/C9H20N2O2/c1-3-9(2,7-12)6-11-5-4-8(10)13/h11-12H,3-7H2,1-2H3,(H2,10,13). The van der Waals surface area contributed by atoms with Crippen LogP contribution >= 0.6 is 0 Å². The molecule has 0 aromatic heterocycles. The smallest absolute Gasteiger partial charge is 0.218 e. The van der Waals surface area contributed by atoms with Crippen molar-refractivity contribution < 1.29 is 9.90 Å². The minimum atomic E-state index is -0.297. The van der Waals surface area contributed by atoms with Gasteiger partial charge in [-0.1, -0.05) is 13.8 Å². The van der Waals surface area contributed by atoms with E-state index in [0.717, 1.165) is 6.42 Å². The molecule has 0 fully saturated rings. The fourth-order valence-corrected chi connectivity index (χ4v) is 0.894. The van der Waals surface area contributed by atoms with Crippen LogP contribution in [0.15, 0.2) is 0 Å². The zero-order valence-electron chi connectivity index (χ0n) is 8.47. The molecule has 1 atom stereocenters. The van der Waals surface area contributed by atoms with Gasteiger partial charge >= 0.3 is 0 Å². The lowest BCUT2D eigenvalue weighted by molar-refractivity contribution is -0.117. The Bertz CT molecular complexity index is 156. The molecule has 0 radical (unpaired) electrons. The molecule has 0 aliphatic carbocycles. The number of rotatable bonds is 7. The fourth-order valence-electron chi connectivity index (χ4n) is 0.894. The molecule has 0 heterocycles. The number of nitrogens with one attached hydrogen (secondary N) is 1. The molecule has 0 aliphatic rings. The molecule has 4 heteroatoms. The topological polar surface area (TPSA) is 75.3 Å². The van der Waals surface area contributed by atoms with Gasteiger partial charge in [-0.15, -0.1) is 0 Å². The molecular formula is C9H20N2O2. The highest BCUT2D eigenvalue weighted by Crippen LogP contribution is 2.17. The van der Waals surface area contributed by atoms with E-state index in [1.807, 2.05) is 13.8 Å². The number of hydrogen-bond acceptors (Lipinski definition) is 3. The van der Waals surface area contributed by atoms with E-state index >= 15 is 0 Å². The molecule has 78 valence electrons. The van der Waals surface area contributed by atoms with Crippen LogP contribution < -0.4 is 11.1 Å². The summed E-state index contributed by atoms with van der Waals surface area (Å²) in [7, 11) is 0. The summed E-state index contributed by atoms with van der Waals surface area (Å²) in [4.78, 5) is 10.4. The second-order valence-electron chi connectivity index (χ2n) is 3.72. The summed E-state index contributed by atoms with van der Waals surface area (Å²) in [5, 5.41) is 12.2. The molecule has 0 saturated carbocycles. The van der Waals surface area contributed by atoms with Gasteiger partial charge in [0.25, 0.3) is 0 Å². The van der Waals surface area contributed by atoms with Crippen molar-refractivity contribution in [2.45, 2.75) is 26.7 Å². The Morgan fingerprint density at radius 1 is 1.62 bits per heavy atom. The number of carbonyl (C=O) groups is 1. The first-order valence-corrected chi connectivity index (χ1v) is 4.64. The molecule has 0 bridgehead atoms. The van der Waals surface area contributed by atoms with Crippen LogP contribution in [-0.2, 0) is 4.79 Å². The van der Waals surface area contributed by atoms with Crippen LogP contribution in [0, 0.1) is 5.41 Å². The largest absolute Gasteiger partial charge is 0.396 e. The summed E-state index contributed by atoms with van der Waals surface area (Å²) < 4.78 is 0. The summed E-state index contributed by atoms with van der Waals surface area (Å²) in [5.41, 5.74) is 4.89. The van der Waals surface area contributed by atoms with Crippen LogP contribution in [0.2, 0.25) is 0 Å². The molecule has 1 amide bonds. The van der Waals surface area contributed by atoms with Crippen molar-refractivity contribution in [2.75, 3.05) is 19.7 Å². The van der Waals surface area contributed by atoms with Crippen LogP contribution in [0.25, 0.3) is 0 Å². The first-order valence-electron chi connectivity index (χ1n) is 4.64. The number of carbonyl (C=O) groups excluding carboxylic acids is 1. The minimum Gasteiger partial charge on any atom is -0.396 e. The Morgan fingerprint density at radius 2 is 2.23 bits per heavy atom. The minimum absolute atomic E-state index is 0.0857. The zero-order valence-corrected chi connectivity index (χ0v) is 8.47. The average Bonchev–Trinajstić information content (AvgIpc) is 2.12. The summed E-state index contributed by atoms with van der Waals surface area (Å²) in [6, 6.07) is 0. The summed E-state index contributed by atoms with van der Waals surface area (Å²) >= 11 is 0. The van der Waals surface area contributed by atoms with Gasteiger partial charge in [-0.3, -0.25) is 4.79 Å². The van der Waals surface area contributed by atoms with E-state index in [1.165, 1.54) is 0 Å². The molecular weight excluding hydrogens is 168 g/mol. The first kappa shape index (κ1) is 12.4. The third-order valence-corrected chi connectivity index (χ3v) is 2.34. The Kier molecular flexibility index (Phi) is 5.66. The van der Waals surface area contributed by atoms with Gasteiger partial charge in [0.2, 0.25) is 5.91 Å². The number of nitrogens with two attached hydrogens (primary N) is 1. The summed E-state index contributed by atoms with van der Waals surface area (Å²) in [6.45, 7) is 5.50. The molecule has 13 heavy (non-hydrogen) atoms. The van der Waals surface area contributed by atoms with Crippen LogP contribution in [-0.4, -0.2) is 30.7 Å². The Morgan fingerprint density at radius 3 is 2.62 bits per heavy atom. The second kappa shape index (κ2) is 5.94. The summed E-state index contributed by atoms with van der Waals surface area (Å²) in [5.74, 6) is -0.297. The van der Waals surface area contributed by atoms with Crippen LogP contribution in [0.4, 0.5) is 0 Å². The predicted molar refractivity (Wildman–Crippen MR) is 52.2 cm³/mol. The number of primary amides is 1. The van der Waals surface area contributed by atoms with Gasteiger partial charge in [0.05, 0.1) is 0 Å². The van der Waals surface area contributed by atoms with Gasteiger partial charge in [0.1, 0.15) is 0 Å². The lowest BCUT2D eigenvalue weighted by atomic mass is 9.89. The van der Waals surface area contributed by atoms with E-state index in [0.29, 0.717) is 19.5 Å². The quantitative estimate of drug-likeness (QED) is 0.487. The molecule has 4 N–H and O–H groups in total.